The van der Waals surface area contributed by atoms with Crippen LogP contribution in [0.5, 0.6) is 0 Å². The van der Waals surface area contributed by atoms with Crippen LogP contribution >= 0.6 is 11.5 Å². The quantitative estimate of drug-likeness (QED) is 0.800. The van der Waals surface area contributed by atoms with Gasteiger partial charge in [0.05, 0.1) is 6.61 Å². The van der Waals surface area contributed by atoms with Crippen molar-refractivity contribution in [2.24, 2.45) is 0 Å². The topological polar surface area (TPSA) is 50.3 Å². The van der Waals surface area contributed by atoms with Gasteiger partial charge in [0, 0.05) is 49.5 Å². The molecule has 1 aromatic carbocycles. The van der Waals surface area contributed by atoms with Crippen LogP contribution in [0.25, 0.3) is 0 Å². The van der Waals surface area contributed by atoms with E-state index in [-0.39, 0.29) is 0 Å². The average Bonchev–Trinajstić information content (AvgIpc) is 3.17. The number of nitrogens with one attached hydrogen (secondary N) is 1. The SMILES string of the molecule is CCCCN1CCc2ccc(Nc3nc(CCOC)ns3)cc21. The van der Waals surface area contributed by atoms with Crippen molar-refractivity contribution in [3.63, 3.8) is 0 Å². The molecule has 1 aliphatic heterocycles. The van der Waals surface area contributed by atoms with E-state index in [4.69, 9.17) is 4.74 Å². The Bertz CT molecular complexity index is 643. The maximum Gasteiger partial charge on any atom is 0.207 e. The fourth-order valence-corrected chi connectivity index (χ4v) is 3.46. The van der Waals surface area contributed by atoms with Crippen LogP contribution in [0.15, 0.2) is 18.2 Å². The minimum absolute atomic E-state index is 0.654. The van der Waals surface area contributed by atoms with Crippen LogP contribution in [0.1, 0.15) is 31.2 Å². The van der Waals surface area contributed by atoms with Crippen molar-refractivity contribution >= 4 is 28.0 Å². The van der Waals surface area contributed by atoms with Crippen molar-refractivity contribution in [2.45, 2.75) is 32.6 Å². The molecule has 0 unspecified atom stereocenters. The number of benzene rings is 1. The highest BCUT2D eigenvalue weighted by molar-refractivity contribution is 7.09. The molecule has 0 bridgehead atoms. The summed E-state index contributed by atoms with van der Waals surface area (Å²) in [6.07, 6.45) is 4.39. The van der Waals surface area contributed by atoms with Gasteiger partial charge in [-0.25, -0.2) is 4.98 Å². The minimum Gasteiger partial charge on any atom is -0.384 e. The Labute approximate surface area is 141 Å². The Hall–Kier alpha value is -1.66. The van der Waals surface area contributed by atoms with E-state index >= 15 is 0 Å². The Balaban J connectivity index is 1.68. The first-order valence-corrected chi connectivity index (χ1v) is 9.04. The first-order chi connectivity index (χ1) is 11.3. The van der Waals surface area contributed by atoms with E-state index in [0.717, 1.165) is 42.6 Å². The van der Waals surface area contributed by atoms with E-state index in [1.807, 2.05) is 0 Å². The van der Waals surface area contributed by atoms with Gasteiger partial charge >= 0.3 is 0 Å². The van der Waals surface area contributed by atoms with Crippen molar-refractivity contribution < 1.29 is 4.74 Å². The minimum atomic E-state index is 0.654. The lowest BCUT2D eigenvalue weighted by Crippen LogP contribution is -2.21. The third-order valence-electron chi connectivity index (χ3n) is 4.11. The molecule has 0 radical (unpaired) electrons. The summed E-state index contributed by atoms with van der Waals surface area (Å²) in [6, 6.07) is 6.61. The molecule has 0 amide bonds. The highest BCUT2D eigenvalue weighted by Crippen LogP contribution is 2.32. The molecule has 3 rings (SSSR count). The first-order valence-electron chi connectivity index (χ1n) is 8.26. The predicted molar refractivity (Wildman–Crippen MR) is 96.0 cm³/mol. The molecule has 5 nitrogen and oxygen atoms in total. The molecule has 2 aromatic rings. The summed E-state index contributed by atoms with van der Waals surface area (Å²) in [4.78, 5) is 7.00. The average molecular weight is 332 g/mol. The van der Waals surface area contributed by atoms with Crippen molar-refractivity contribution in [1.82, 2.24) is 9.36 Å². The lowest BCUT2D eigenvalue weighted by molar-refractivity contribution is 0.201. The molecule has 0 spiro atoms. The molecular formula is C17H24N4OS. The van der Waals surface area contributed by atoms with E-state index in [0.29, 0.717) is 6.61 Å². The van der Waals surface area contributed by atoms with Crippen molar-refractivity contribution in [1.29, 1.82) is 0 Å². The predicted octanol–water partition coefficient (Wildman–Crippen LogP) is 3.63. The summed E-state index contributed by atoms with van der Waals surface area (Å²) < 4.78 is 9.42. The standard InChI is InChI=1S/C17H24N4OS/c1-3-4-9-21-10-7-13-5-6-14(12-15(13)21)18-17-19-16(20-23-17)8-11-22-2/h5-6,12H,3-4,7-11H2,1-2H3,(H,18,19,20). The van der Waals surface area contributed by atoms with Gasteiger partial charge in [0.2, 0.25) is 5.13 Å². The van der Waals surface area contributed by atoms with Crippen molar-refractivity contribution in [3.8, 4) is 0 Å². The molecule has 1 aromatic heterocycles. The smallest absolute Gasteiger partial charge is 0.207 e. The second kappa shape index (κ2) is 7.75. The van der Waals surface area contributed by atoms with Crippen LogP contribution in [0, 0.1) is 0 Å². The second-order valence-corrected chi connectivity index (χ2v) is 6.57. The van der Waals surface area contributed by atoms with Crippen LogP contribution in [-0.2, 0) is 17.6 Å². The molecule has 0 saturated carbocycles. The zero-order chi connectivity index (χ0) is 16.1. The summed E-state index contributed by atoms with van der Waals surface area (Å²) >= 11 is 1.40. The number of anilines is 3. The van der Waals surface area contributed by atoms with E-state index in [2.05, 4.69) is 44.7 Å². The number of hydrogen-bond acceptors (Lipinski definition) is 6. The molecular weight excluding hydrogens is 308 g/mol. The summed E-state index contributed by atoms with van der Waals surface area (Å²) in [5.74, 6) is 0.838. The maximum atomic E-state index is 5.07. The lowest BCUT2D eigenvalue weighted by Gasteiger charge is -2.19. The molecule has 0 atom stereocenters. The lowest BCUT2D eigenvalue weighted by atomic mass is 10.1. The van der Waals surface area contributed by atoms with Crippen LogP contribution in [0.2, 0.25) is 0 Å². The molecule has 0 fully saturated rings. The number of aromatic nitrogens is 2. The van der Waals surface area contributed by atoms with Gasteiger partial charge in [0.1, 0.15) is 5.82 Å². The molecule has 124 valence electrons. The third-order valence-corrected chi connectivity index (χ3v) is 4.78. The highest BCUT2D eigenvalue weighted by atomic mass is 32.1. The number of ether oxygens (including phenoxy) is 1. The Morgan fingerprint density at radius 3 is 3.13 bits per heavy atom. The van der Waals surface area contributed by atoms with Crippen LogP contribution < -0.4 is 10.2 Å². The third kappa shape index (κ3) is 4.00. The van der Waals surface area contributed by atoms with Crippen molar-refractivity contribution in [2.75, 3.05) is 37.0 Å². The van der Waals surface area contributed by atoms with E-state index < -0.39 is 0 Å². The van der Waals surface area contributed by atoms with Gasteiger partial charge < -0.3 is 15.0 Å². The molecule has 0 saturated heterocycles. The fourth-order valence-electron chi connectivity index (χ4n) is 2.83. The van der Waals surface area contributed by atoms with Crippen LogP contribution in [0.4, 0.5) is 16.5 Å². The van der Waals surface area contributed by atoms with Crippen molar-refractivity contribution in [3.05, 3.63) is 29.6 Å². The molecule has 2 heterocycles. The first kappa shape index (κ1) is 16.2. The molecule has 0 aliphatic carbocycles. The van der Waals surface area contributed by atoms with Gasteiger partial charge in [-0.2, -0.15) is 4.37 Å². The number of methoxy groups -OCH3 is 1. The highest BCUT2D eigenvalue weighted by Gasteiger charge is 2.19. The summed E-state index contributed by atoms with van der Waals surface area (Å²) in [7, 11) is 1.69. The molecule has 6 heteroatoms. The largest absolute Gasteiger partial charge is 0.384 e. The van der Waals surface area contributed by atoms with E-state index in [9.17, 15) is 0 Å². The Kier molecular flexibility index (Phi) is 5.46. The molecule has 23 heavy (non-hydrogen) atoms. The number of fused-ring (bicyclic) bond motifs is 1. The van der Waals surface area contributed by atoms with E-state index in [1.54, 1.807) is 7.11 Å². The van der Waals surface area contributed by atoms with Gasteiger partial charge in [-0.05, 0) is 30.5 Å². The Morgan fingerprint density at radius 1 is 1.39 bits per heavy atom. The molecule has 1 aliphatic rings. The number of hydrogen-bond donors (Lipinski definition) is 1. The van der Waals surface area contributed by atoms with Gasteiger partial charge in [0.25, 0.3) is 0 Å². The summed E-state index contributed by atoms with van der Waals surface area (Å²) in [5, 5.41) is 4.23. The van der Waals surface area contributed by atoms with Gasteiger partial charge in [-0.3, -0.25) is 0 Å². The summed E-state index contributed by atoms with van der Waals surface area (Å²) in [5.41, 5.74) is 3.90. The van der Waals surface area contributed by atoms with E-state index in [1.165, 1.54) is 35.6 Å². The van der Waals surface area contributed by atoms with Gasteiger partial charge in [-0.15, -0.1) is 0 Å². The Morgan fingerprint density at radius 2 is 2.30 bits per heavy atom. The second-order valence-electron chi connectivity index (χ2n) is 5.82. The number of unbranched alkanes of at least 4 members (excludes halogenated alkanes) is 1. The maximum absolute atomic E-state index is 5.07. The fraction of sp³-hybridized carbons (Fsp3) is 0.529. The number of nitrogens with zero attached hydrogens (tertiary/aromatic N) is 3. The van der Waals surface area contributed by atoms with Gasteiger partial charge in [0.15, 0.2) is 0 Å². The van der Waals surface area contributed by atoms with Gasteiger partial charge in [-0.1, -0.05) is 19.4 Å². The normalized spacial score (nSPS) is 13.4. The van der Waals surface area contributed by atoms with Crippen LogP contribution in [0.3, 0.4) is 0 Å². The molecule has 1 N–H and O–H groups in total. The monoisotopic (exact) mass is 332 g/mol. The zero-order valence-electron chi connectivity index (χ0n) is 13.8. The number of rotatable bonds is 8. The summed E-state index contributed by atoms with van der Waals surface area (Å²) in [6.45, 7) is 5.18. The zero-order valence-corrected chi connectivity index (χ0v) is 14.7. The van der Waals surface area contributed by atoms with Crippen LogP contribution in [-0.4, -0.2) is 36.2 Å².